The Balaban J connectivity index is 1.68. The summed E-state index contributed by atoms with van der Waals surface area (Å²) in [5.41, 5.74) is 3.68. The van der Waals surface area contributed by atoms with Crippen LogP contribution in [0, 0.1) is 6.92 Å². The number of aryl methyl sites for hydroxylation is 1. The minimum atomic E-state index is -0.127. The molecule has 0 spiro atoms. The summed E-state index contributed by atoms with van der Waals surface area (Å²) in [5.74, 6) is 2.35. The summed E-state index contributed by atoms with van der Waals surface area (Å²) in [6, 6.07) is 13.7. The molecular formula is C22H20N4O3S2. The number of benzene rings is 2. The Morgan fingerprint density at radius 2 is 2.00 bits per heavy atom. The van der Waals surface area contributed by atoms with E-state index in [9.17, 15) is 4.79 Å². The third-order valence-corrected chi connectivity index (χ3v) is 7.46. The molecule has 1 aliphatic rings. The number of ether oxygens (including phenoxy) is 2. The van der Waals surface area contributed by atoms with Gasteiger partial charge in [0.1, 0.15) is 17.3 Å². The predicted molar refractivity (Wildman–Crippen MR) is 124 cm³/mol. The molecule has 1 aliphatic heterocycles. The van der Waals surface area contributed by atoms with Crippen LogP contribution < -0.4 is 14.8 Å². The molecule has 31 heavy (non-hydrogen) atoms. The lowest BCUT2D eigenvalue weighted by atomic mass is 10.0. The summed E-state index contributed by atoms with van der Waals surface area (Å²) in [4.78, 5) is 17.3. The minimum absolute atomic E-state index is 0.0662. The SMILES string of the molecule is COc1ccc([C@@H]2SCC(=O)Nc3c2c(C)nn3-c2nc3ccccc3s2)c(OC)c1. The lowest BCUT2D eigenvalue weighted by molar-refractivity contribution is -0.113. The standard InChI is InChI=1S/C22H20N4O3S2/c1-12-19-20(14-9-8-13(28-2)10-16(14)29-3)30-11-18(27)24-21(19)26(25-12)22-23-15-6-4-5-7-17(15)31-22/h4-10,20H,11H2,1-3H3,(H,24,27)/t20-/m0/s1. The summed E-state index contributed by atoms with van der Waals surface area (Å²) in [6.45, 7) is 1.96. The van der Waals surface area contributed by atoms with Gasteiger partial charge >= 0.3 is 0 Å². The molecule has 0 fully saturated rings. The van der Waals surface area contributed by atoms with Gasteiger partial charge in [-0.25, -0.2) is 4.98 Å². The fourth-order valence-electron chi connectivity index (χ4n) is 3.75. The van der Waals surface area contributed by atoms with Gasteiger partial charge in [-0.2, -0.15) is 9.78 Å². The van der Waals surface area contributed by atoms with Crippen LogP contribution >= 0.6 is 23.1 Å². The van der Waals surface area contributed by atoms with E-state index < -0.39 is 0 Å². The summed E-state index contributed by atoms with van der Waals surface area (Å²) in [7, 11) is 3.27. The molecule has 158 valence electrons. The quantitative estimate of drug-likeness (QED) is 0.488. The Morgan fingerprint density at radius 3 is 2.77 bits per heavy atom. The molecule has 3 heterocycles. The molecule has 1 atom stereocenters. The van der Waals surface area contributed by atoms with Gasteiger partial charge < -0.3 is 14.8 Å². The zero-order valence-electron chi connectivity index (χ0n) is 17.2. The minimum Gasteiger partial charge on any atom is -0.497 e. The third kappa shape index (κ3) is 3.43. The van der Waals surface area contributed by atoms with Crippen LogP contribution in [0.1, 0.15) is 22.1 Å². The number of carbonyl (C=O) groups is 1. The van der Waals surface area contributed by atoms with Crippen LogP contribution in [0.25, 0.3) is 15.3 Å². The summed E-state index contributed by atoms with van der Waals surface area (Å²) in [5, 5.41) is 8.42. The van der Waals surface area contributed by atoms with Gasteiger partial charge in [-0.3, -0.25) is 4.79 Å². The van der Waals surface area contributed by atoms with Gasteiger partial charge in [-0.15, -0.1) is 11.8 Å². The van der Waals surface area contributed by atoms with E-state index in [1.807, 2.05) is 49.4 Å². The molecule has 0 saturated carbocycles. The third-order valence-electron chi connectivity index (χ3n) is 5.19. The molecule has 5 rings (SSSR count). The fourth-order valence-corrected chi connectivity index (χ4v) is 5.89. The molecule has 0 saturated heterocycles. The number of para-hydroxylation sites is 1. The molecule has 1 N–H and O–H groups in total. The Labute approximate surface area is 187 Å². The lowest BCUT2D eigenvalue weighted by Crippen LogP contribution is -2.15. The van der Waals surface area contributed by atoms with Crippen molar-refractivity contribution in [1.82, 2.24) is 14.8 Å². The first-order valence-electron chi connectivity index (χ1n) is 9.68. The molecule has 0 unspecified atom stereocenters. The van der Waals surface area contributed by atoms with Crippen LogP contribution in [0.15, 0.2) is 42.5 Å². The summed E-state index contributed by atoms with van der Waals surface area (Å²) in [6.07, 6.45) is 0. The van der Waals surface area contributed by atoms with Crippen LogP contribution in [0.3, 0.4) is 0 Å². The van der Waals surface area contributed by atoms with Gasteiger partial charge in [0.2, 0.25) is 11.0 Å². The molecule has 0 radical (unpaired) electrons. The van der Waals surface area contributed by atoms with Crippen molar-refractivity contribution < 1.29 is 14.3 Å². The number of hydrogen-bond acceptors (Lipinski definition) is 7. The second-order valence-corrected chi connectivity index (χ2v) is 9.17. The van der Waals surface area contributed by atoms with Crippen LogP contribution in [0.5, 0.6) is 11.5 Å². The number of thiazole rings is 1. The lowest BCUT2D eigenvalue weighted by Gasteiger charge is -2.19. The van der Waals surface area contributed by atoms with Gasteiger partial charge in [-0.1, -0.05) is 29.5 Å². The number of aromatic nitrogens is 3. The molecule has 9 heteroatoms. The second-order valence-electron chi connectivity index (χ2n) is 7.07. The van der Waals surface area contributed by atoms with E-state index in [2.05, 4.69) is 5.32 Å². The van der Waals surface area contributed by atoms with E-state index in [4.69, 9.17) is 19.6 Å². The van der Waals surface area contributed by atoms with E-state index in [1.54, 1.807) is 42.0 Å². The molecule has 2 aromatic heterocycles. The zero-order chi connectivity index (χ0) is 21.5. The van der Waals surface area contributed by atoms with Gasteiger partial charge in [0, 0.05) is 17.2 Å². The number of methoxy groups -OCH3 is 2. The largest absolute Gasteiger partial charge is 0.497 e. The molecule has 1 amide bonds. The molecule has 7 nitrogen and oxygen atoms in total. The van der Waals surface area contributed by atoms with Crippen molar-refractivity contribution in [2.24, 2.45) is 0 Å². The van der Waals surface area contributed by atoms with Gasteiger partial charge in [0.15, 0.2) is 0 Å². The Bertz CT molecular complexity index is 1260. The van der Waals surface area contributed by atoms with Crippen molar-refractivity contribution in [2.45, 2.75) is 12.2 Å². The summed E-state index contributed by atoms with van der Waals surface area (Å²) < 4.78 is 13.8. The highest BCUT2D eigenvalue weighted by Gasteiger charge is 2.33. The Morgan fingerprint density at radius 1 is 1.16 bits per heavy atom. The van der Waals surface area contributed by atoms with Crippen LogP contribution in [-0.4, -0.2) is 40.6 Å². The maximum Gasteiger partial charge on any atom is 0.235 e. The second kappa shape index (κ2) is 7.90. The van der Waals surface area contributed by atoms with Crippen molar-refractivity contribution >= 4 is 45.0 Å². The predicted octanol–water partition coefficient (Wildman–Crippen LogP) is 4.58. The first-order valence-corrected chi connectivity index (χ1v) is 11.5. The van der Waals surface area contributed by atoms with Crippen molar-refractivity contribution in [3.8, 4) is 16.6 Å². The zero-order valence-corrected chi connectivity index (χ0v) is 18.8. The first-order chi connectivity index (χ1) is 15.1. The van der Waals surface area contributed by atoms with Crippen molar-refractivity contribution in [3.05, 3.63) is 59.3 Å². The maximum absolute atomic E-state index is 12.6. The van der Waals surface area contributed by atoms with Gasteiger partial charge in [-0.05, 0) is 25.1 Å². The monoisotopic (exact) mass is 452 g/mol. The molecule has 0 aliphatic carbocycles. The highest BCUT2D eigenvalue weighted by Crippen LogP contribution is 2.47. The number of rotatable bonds is 4. The first kappa shape index (κ1) is 19.9. The smallest absolute Gasteiger partial charge is 0.235 e. The van der Waals surface area contributed by atoms with E-state index in [1.165, 1.54) is 0 Å². The van der Waals surface area contributed by atoms with Crippen molar-refractivity contribution in [3.63, 3.8) is 0 Å². The average molecular weight is 453 g/mol. The Hall–Kier alpha value is -3.04. The van der Waals surface area contributed by atoms with Crippen molar-refractivity contribution in [2.75, 3.05) is 25.3 Å². The summed E-state index contributed by atoms with van der Waals surface area (Å²) >= 11 is 3.10. The number of nitrogens with zero attached hydrogens (tertiary/aromatic N) is 3. The fraction of sp³-hybridized carbons (Fsp3) is 0.227. The normalized spacial score (nSPS) is 16.0. The van der Waals surface area contributed by atoms with Crippen LogP contribution in [0.4, 0.5) is 5.82 Å². The Kier molecular flexibility index (Phi) is 5.07. The van der Waals surface area contributed by atoms with Crippen molar-refractivity contribution in [1.29, 1.82) is 0 Å². The molecule has 4 aromatic rings. The number of amides is 1. The number of anilines is 1. The highest BCUT2D eigenvalue weighted by molar-refractivity contribution is 8.00. The molecule has 0 bridgehead atoms. The number of fused-ring (bicyclic) bond motifs is 2. The molecular weight excluding hydrogens is 432 g/mol. The van der Waals surface area contributed by atoms with Gasteiger partial charge in [0.05, 0.1) is 41.1 Å². The number of nitrogens with one attached hydrogen (secondary N) is 1. The van der Waals surface area contributed by atoms with E-state index in [0.29, 0.717) is 17.3 Å². The van der Waals surface area contributed by atoms with Crippen LogP contribution in [0.2, 0.25) is 0 Å². The van der Waals surface area contributed by atoms with E-state index >= 15 is 0 Å². The molecule has 2 aromatic carbocycles. The van der Waals surface area contributed by atoms with Gasteiger partial charge in [0.25, 0.3) is 0 Å². The topological polar surface area (TPSA) is 78.3 Å². The number of carbonyl (C=O) groups excluding carboxylic acids is 1. The van der Waals surface area contributed by atoms with Crippen LogP contribution in [-0.2, 0) is 4.79 Å². The van der Waals surface area contributed by atoms with E-state index in [-0.39, 0.29) is 11.2 Å². The van der Waals surface area contributed by atoms with E-state index in [0.717, 1.165) is 37.9 Å². The average Bonchev–Trinajstić information content (AvgIpc) is 3.30. The highest BCUT2D eigenvalue weighted by atomic mass is 32.2. The number of thioether (sulfide) groups is 1. The number of hydrogen-bond donors (Lipinski definition) is 1. The maximum atomic E-state index is 12.6.